The Morgan fingerprint density at radius 1 is 1.27 bits per heavy atom. The molecule has 0 aliphatic rings. The number of aryl methyl sites for hydroxylation is 1. The zero-order valence-corrected chi connectivity index (χ0v) is 13.5. The lowest BCUT2D eigenvalue weighted by Crippen LogP contribution is -2.21. The molecule has 0 radical (unpaired) electrons. The number of carbonyl (C=O) groups is 2. The van der Waals surface area contributed by atoms with Gasteiger partial charge in [-0.15, -0.1) is 0 Å². The van der Waals surface area contributed by atoms with Crippen LogP contribution in [0.5, 0.6) is 0 Å². The van der Waals surface area contributed by atoms with Crippen LogP contribution in [0, 0.1) is 6.92 Å². The average molecular weight is 318 g/mol. The van der Waals surface area contributed by atoms with Crippen molar-refractivity contribution in [2.75, 3.05) is 25.1 Å². The molecule has 2 rings (SSSR count). The highest BCUT2D eigenvalue weighted by molar-refractivity contribution is 7.17. The van der Waals surface area contributed by atoms with Gasteiger partial charge in [0.1, 0.15) is 4.88 Å². The molecule has 22 heavy (non-hydrogen) atoms. The summed E-state index contributed by atoms with van der Waals surface area (Å²) in [4.78, 5) is 30.2. The number of nitrogens with zero attached hydrogens (tertiary/aromatic N) is 2. The Kier molecular flexibility index (Phi) is 4.77. The quantitative estimate of drug-likeness (QED) is 0.843. The first kappa shape index (κ1) is 16.0. The van der Waals surface area contributed by atoms with Gasteiger partial charge in [0.2, 0.25) is 5.91 Å². The second kappa shape index (κ2) is 6.57. The number of hydrogen-bond acceptors (Lipinski definition) is 5. The summed E-state index contributed by atoms with van der Waals surface area (Å²) in [6, 6.07) is 7.13. The van der Waals surface area contributed by atoms with Gasteiger partial charge in [-0.2, -0.15) is 0 Å². The van der Waals surface area contributed by atoms with Gasteiger partial charge in [-0.1, -0.05) is 23.5 Å². The molecule has 0 bridgehead atoms. The molecular formula is C15H18N4O2S. The Bertz CT molecular complexity index is 692. The zero-order valence-electron chi connectivity index (χ0n) is 12.7. The third-order valence-corrected chi connectivity index (χ3v) is 4.05. The van der Waals surface area contributed by atoms with Gasteiger partial charge in [0, 0.05) is 19.8 Å². The molecule has 2 amide bonds. The van der Waals surface area contributed by atoms with E-state index < -0.39 is 0 Å². The number of hydrogen-bond donors (Lipinski definition) is 2. The van der Waals surface area contributed by atoms with E-state index in [0.29, 0.717) is 21.4 Å². The molecular weight excluding hydrogens is 300 g/mol. The molecule has 0 unspecified atom stereocenters. The Labute approximate surface area is 133 Å². The van der Waals surface area contributed by atoms with Gasteiger partial charge >= 0.3 is 0 Å². The van der Waals surface area contributed by atoms with E-state index in [-0.39, 0.29) is 18.2 Å². The van der Waals surface area contributed by atoms with Crippen molar-refractivity contribution >= 4 is 34.0 Å². The summed E-state index contributed by atoms with van der Waals surface area (Å²) in [7, 11) is 3.36. The molecule has 0 saturated heterocycles. The monoisotopic (exact) mass is 318 g/mol. The van der Waals surface area contributed by atoms with Gasteiger partial charge in [-0.05, 0) is 24.6 Å². The SMILES string of the molecule is Cc1nc(NC(=O)Cc2ccc(N)cc2)sc1C(=O)N(C)C. The number of amides is 2. The Morgan fingerprint density at radius 3 is 2.50 bits per heavy atom. The molecule has 6 nitrogen and oxygen atoms in total. The standard InChI is InChI=1S/C15H18N4O2S/c1-9-13(14(21)19(2)3)22-15(17-9)18-12(20)8-10-4-6-11(16)7-5-10/h4-7H,8,16H2,1-3H3,(H,17,18,20). The molecule has 0 aliphatic heterocycles. The van der Waals surface area contributed by atoms with Crippen molar-refractivity contribution in [3.05, 3.63) is 40.4 Å². The van der Waals surface area contributed by atoms with E-state index in [9.17, 15) is 9.59 Å². The van der Waals surface area contributed by atoms with E-state index in [4.69, 9.17) is 5.73 Å². The van der Waals surface area contributed by atoms with Gasteiger partial charge in [-0.25, -0.2) is 4.98 Å². The highest BCUT2D eigenvalue weighted by Crippen LogP contribution is 2.23. The zero-order chi connectivity index (χ0) is 16.3. The Morgan fingerprint density at radius 2 is 1.91 bits per heavy atom. The molecule has 116 valence electrons. The molecule has 1 heterocycles. The topological polar surface area (TPSA) is 88.3 Å². The summed E-state index contributed by atoms with van der Waals surface area (Å²) in [6.45, 7) is 1.75. The predicted molar refractivity (Wildman–Crippen MR) is 88.1 cm³/mol. The first-order valence-corrected chi connectivity index (χ1v) is 7.52. The van der Waals surface area contributed by atoms with Gasteiger partial charge in [0.15, 0.2) is 5.13 Å². The first-order valence-electron chi connectivity index (χ1n) is 6.70. The molecule has 0 spiro atoms. The molecule has 1 aromatic carbocycles. The molecule has 0 fully saturated rings. The van der Waals surface area contributed by atoms with E-state index in [1.807, 2.05) is 12.1 Å². The van der Waals surface area contributed by atoms with Crippen LogP contribution in [0.1, 0.15) is 20.9 Å². The van der Waals surface area contributed by atoms with Crippen LogP contribution in [-0.4, -0.2) is 35.8 Å². The maximum absolute atomic E-state index is 12.0. The Balaban J connectivity index is 2.04. The maximum atomic E-state index is 12.0. The van der Waals surface area contributed by atoms with Crippen LogP contribution >= 0.6 is 11.3 Å². The van der Waals surface area contributed by atoms with Crippen molar-refractivity contribution in [3.63, 3.8) is 0 Å². The van der Waals surface area contributed by atoms with Crippen LogP contribution in [-0.2, 0) is 11.2 Å². The molecule has 3 N–H and O–H groups in total. The van der Waals surface area contributed by atoms with Crippen LogP contribution < -0.4 is 11.1 Å². The van der Waals surface area contributed by atoms with Crippen molar-refractivity contribution in [1.82, 2.24) is 9.88 Å². The van der Waals surface area contributed by atoms with Crippen LogP contribution in [0.4, 0.5) is 10.8 Å². The lowest BCUT2D eigenvalue weighted by Gasteiger charge is -2.07. The van der Waals surface area contributed by atoms with E-state index in [1.165, 1.54) is 16.2 Å². The molecule has 0 aliphatic carbocycles. The van der Waals surface area contributed by atoms with E-state index in [0.717, 1.165) is 5.56 Å². The number of anilines is 2. The van der Waals surface area contributed by atoms with Gasteiger partial charge in [0.05, 0.1) is 12.1 Å². The summed E-state index contributed by atoms with van der Waals surface area (Å²) in [5.74, 6) is -0.295. The summed E-state index contributed by atoms with van der Waals surface area (Å²) in [5, 5.41) is 3.16. The maximum Gasteiger partial charge on any atom is 0.265 e. The minimum atomic E-state index is -0.178. The fraction of sp³-hybridized carbons (Fsp3) is 0.267. The van der Waals surface area contributed by atoms with Gasteiger partial charge in [-0.3, -0.25) is 9.59 Å². The number of nitrogen functional groups attached to an aromatic ring is 1. The summed E-state index contributed by atoms with van der Waals surface area (Å²) < 4.78 is 0. The molecule has 1 aromatic heterocycles. The molecule has 2 aromatic rings. The van der Waals surface area contributed by atoms with E-state index >= 15 is 0 Å². The number of nitrogens with one attached hydrogen (secondary N) is 1. The normalized spacial score (nSPS) is 10.3. The second-order valence-electron chi connectivity index (χ2n) is 5.10. The van der Waals surface area contributed by atoms with Crippen molar-refractivity contribution in [2.24, 2.45) is 0 Å². The largest absolute Gasteiger partial charge is 0.399 e. The minimum absolute atomic E-state index is 0.117. The lowest BCUT2D eigenvalue weighted by atomic mass is 10.1. The van der Waals surface area contributed by atoms with Crippen molar-refractivity contribution in [3.8, 4) is 0 Å². The van der Waals surface area contributed by atoms with Crippen LogP contribution in [0.25, 0.3) is 0 Å². The third-order valence-electron chi connectivity index (χ3n) is 2.99. The van der Waals surface area contributed by atoms with Crippen molar-refractivity contribution in [2.45, 2.75) is 13.3 Å². The first-order chi connectivity index (χ1) is 10.4. The van der Waals surface area contributed by atoms with Crippen LogP contribution in [0.2, 0.25) is 0 Å². The number of benzene rings is 1. The van der Waals surface area contributed by atoms with E-state index in [1.54, 1.807) is 33.2 Å². The number of carbonyl (C=O) groups excluding carboxylic acids is 2. The van der Waals surface area contributed by atoms with E-state index in [2.05, 4.69) is 10.3 Å². The molecule has 0 saturated carbocycles. The molecule has 0 atom stereocenters. The Hall–Kier alpha value is -2.41. The number of thiazole rings is 1. The third kappa shape index (κ3) is 3.82. The predicted octanol–water partition coefficient (Wildman–Crippen LogP) is 1.92. The van der Waals surface area contributed by atoms with Crippen molar-refractivity contribution < 1.29 is 9.59 Å². The summed E-state index contributed by atoms with van der Waals surface area (Å²) in [6.07, 6.45) is 0.232. The van der Waals surface area contributed by atoms with Gasteiger partial charge < -0.3 is 16.0 Å². The fourth-order valence-electron chi connectivity index (χ4n) is 1.84. The minimum Gasteiger partial charge on any atom is -0.399 e. The number of aromatic nitrogens is 1. The average Bonchev–Trinajstić information content (AvgIpc) is 2.80. The van der Waals surface area contributed by atoms with Gasteiger partial charge in [0.25, 0.3) is 5.91 Å². The smallest absolute Gasteiger partial charge is 0.265 e. The summed E-state index contributed by atoms with van der Waals surface area (Å²) in [5.41, 5.74) is 7.75. The van der Waals surface area contributed by atoms with Crippen LogP contribution in [0.15, 0.2) is 24.3 Å². The number of nitrogens with two attached hydrogens (primary N) is 1. The van der Waals surface area contributed by atoms with Crippen molar-refractivity contribution in [1.29, 1.82) is 0 Å². The number of rotatable bonds is 4. The highest BCUT2D eigenvalue weighted by atomic mass is 32.1. The highest BCUT2D eigenvalue weighted by Gasteiger charge is 2.17. The lowest BCUT2D eigenvalue weighted by molar-refractivity contribution is -0.115. The fourth-order valence-corrected chi connectivity index (χ4v) is 2.84. The second-order valence-corrected chi connectivity index (χ2v) is 6.10. The van der Waals surface area contributed by atoms with Crippen LogP contribution in [0.3, 0.4) is 0 Å². The summed E-state index contributed by atoms with van der Waals surface area (Å²) >= 11 is 1.18. The molecule has 7 heteroatoms.